The number of carbonyl (C=O) groups excluding carboxylic acids is 1. The van der Waals surface area contributed by atoms with Crippen LogP contribution in [0.3, 0.4) is 0 Å². The van der Waals surface area contributed by atoms with Crippen molar-refractivity contribution in [3.05, 3.63) is 59.2 Å². The molecule has 0 unspecified atom stereocenters. The summed E-state index contributed by atoms with van der Waals surface area (Å²) >= 11 is 0. The van der Waals surface area contributed by atoms with Crippen molar-refractivity contribution in [2.24, 2.45) is 0 Å². The molecule has 0 aliphatic carbocycles. The van der Waals surface area contributed by atoms with Gasteiger partial charge in [-0.15, -0.1) is 0 Å². The molecule has 0 saturated carbocycles. The van der Waals surface area contributed by atoms with Gasteiger partial charge in [-0.1, -0.05) is 35.9 Å². The van der Waals surface area contributed by atoms with Gasteiger partial charge in [0, 0.05) is 6.54 Å². The summed E-state index contributed by atoms with van der Waals surface area (Å²) in [5.74, 6) is 0.637. The Balaban J connectivity index is 1.89. The highest BCUT2D eigenvalue weighted by Gasteiger charge is 2.05. The number of amides is 1. The SMILES string of the molecule is COc1ccc(CNC(=O)Cc2ccc(C)cc2)cc1N. The number of nitrogens with two attached hydrogens (primary N) is 1. The lowest BCUT2D eigenvalue weighted by molar-refractivity contribution is -0.120. The smallest absolute Gasteiger partial charge is 0.224 e. The van der Waals surface area contributed by atoms with Crippen LogP contribution < -0.4 is 15.8 Å². The van der Waals surface area contributed by atoms with Gasteiger partial charge in [-0.2, -0.15) is 0 Å². The van der Waals surface area contributed by atoms with Crippen molar-refractivity contribution in [1.82, 2.24) is 5.32 Å². The van der Waals surface area contributed by atoms with Crippen molar-refractivity contribution in [3.63, 3.8) is 0 Å². The molecule has 0 fully saturated rings. The fourth-order valence-corrected chi connectivity index (χ4v) is 2.05. The molecule has 0 heterocycles. The van der Waals surface area contributed by atoms with Gasteiger partial charge in [0.15, 0.2) is 0 Å². The molecule has 110 valence electrons. The van der Waals surface area contributed by atoms with Crippen molar-refractivity contribution < 1.29 is 9.53 Å². The Morgan fingerprint density at radius 3 is 2.43 bits per heavy atom. The minimum atomic E-state index is -0.00626. The summed E-state index contributed by atoms with van der Waals surface area (Å²) in [6, 6.07) is 13.5. The van der Waals surface area contributed by atoms with Gasteiger partial charge in [0.2, 0.25) is 5.91 Å². The Kier molecular flexibility index (Phi) is 4.82. The average Bonchev–Trinajstić information content (AvgIpc) is 2.48. The number of hydrogen-bond donors (Lipinski definition) is 2. The van der Waals surface area contributed by atoms with Gasteiger partial charge >= 0.3 is 0 Å². The summed E-state index contributed by atoms with van der Waals surface area (Å²) in [6.07, 6.45) is 0.381. The normalized spacial score (nSPS) is 10.2. The molecule has 0 bridgehead atoms. The van der Waals surface area contributed by atoms with Crippen LogP contribution in [0.25, 0.3) is 0 Å². The second-order valence-electron chi connectivity index (χ2n) is 5.02. The van der Waals surface area contributed by atoms with Crippen LogP contribution in [0.5, 0.6) is 5.75 Å². The number of rotatable bonds is 5. The predicted octanol–water partition coefficient (Wildman–Crippen LogP) is 2.44. The number of carbonyl (C=O) groups is 1. The Morgan fingerprint density at radius 2 is 1.81 bits per heavy atom. The molecule has 0 aromatic heterocycles. The van der Waals surface area contributed by atoms with E-state index in [4.69, 9.17) is 10.5 Å². The van der Waals surface area contributed by atoms with Crippen molar-refractivity contribution in [3.8, 4) is 5.75 Å². The number of anilines is 1. The van der Waals surface area contributed by atoms with Gasteiger partial charge in [0.05, 0.1) is 19.2 Å². The lowest BCUT2D eigenvalue weighted by Gasteiger charge is -2.09. The summed E-state index contributed by atoms with van der Waals surface area (Å²) in [7, 11) is 1.58. The number of nitrogens with one attached hydrogen (secondary N) is 1. The van der Waals surface area contributed by atoms with E-state index >= 15 is 0 Å². The number of ether oxygens (including phenoxy) is 1. The molecule has 4 heteroatoms. The molecule has 3 N–H and O–H groups in total. The molecule has 0 saturated heterocycles. The summed E-state index contributed by atoms with van der Waals surface area (Å²) in [5.41, 5.74) is 9.55. The zero-order valence-electron chi connectivity index (χ0n) is 12.3. The number of nitrogen functional groups attached to an aromatic ring is 1. The number of aryl methyl sites for hydroxylation is 1. The van der Waals surface area contributed by atoms with Gasteiger partial charge in [-0.25, -0.2) is 0 Å². The first kappa shape index (κ1) is 14.9. The van der Waals surface area contributed by atoms with E-state index in [2.05, 4.69) is 5.32 Å². The maximum atomic E-state index is 11.9. The van der Waals surface area contributed by atoms with E-state index in [1.54, 1.807) is 13.2 Å². The molecule has 0 atom stereocenters. The molecule has 0 aliphatic rings. The van der Waals surface area contributed by atoms with Gasteiger partial charge in [0.1, 0.15) is 5.75 Å². The second-order valence-corrected chi connectivity index (χ2v) is 5.02. The van der Waals surface area contributed by atoms with E-state index in [-0.39, 0.29) is 5.91 Å². The van der Waals surface area contributed by atoms with E-state index in [1.807, 2.05) is 43.3 Å². The van der Waals surface area contributed by atoms with Crippen LogP contribution >= 0.6 is 0 Å². The molecule has 4 nitrogen and oxygen atoms in total. The van der Waals surface area contributed by atoms with Crippen molar-refractivity contribution in [1.29, 1.82) is 0 Å². The maximum Gasteiger partial charge on any atom is 0.224 e. The Bertz CT molecular complexity index is 621. The highest BCUT2D eigenvalue weighted by molar-refractivity contribution is 5.78. The minimum Gasteiger partial charge on any atom is -0.495 e. The van der Waals surface area contributed by atoms with Gasteiger partial charge in [-0.05, 0) is 30.2 Å². The van der Waals surface area contributed by atoms with E-state index in [9.17, 15) is 4.79 Å². The molecule has 2 rings (SSSR count). The summed E-state index contributed by atoms with van der Waals surface area (Å²) in [5, 5.41) is 2.89. The molecule has 21 heavy (non-hydrogen) atoms. The van der Waals surface area contributed by atoms with Crippen LogP contribution in [0.1, 0.15) is 16.7 Å². The fraction of sp³-hybridized carbons (Fsp3) is 0.235. The number of methoxy groups -OCH3 is 1. The third kappa shape index (κ3) is 4.24. The van der Waals surface area contributed by atoms with Crippen LogP contribution in [0, 0.1) is 6.92 Å². The standard InChI is InChI=1S/C17H20N2O2/c1-12-3-5-13(6-4-12)10-17(20)19-11-14-7-8-16(21-2)15(18)9-14/h3-9H,10-11,18H2,1-2H3,(H,19,20). The topological polar surface area (TPSA) is 64.3 Å². The van der Waals surface area contributed by atoms with Crippen LogP contribution in [-0.2, 0) is 17.8 Å². The third-order valence-electron chi connectivity index (χ3n) is 3.27. The molecule has 0 aliphatic heterocycles. The van der Waals surface area contributed by atoms with Gasteiger partial charge < -0.3 is 15.8 Å². The first-order valence-electron chi connectivity index (χ1n) is 6.83. The molecule has 0 spiro atoms. The lowest BCUT2D eigenvalue weighted by Crippen LogP contribution is -2.24. The first-order valence-corrected chi connectivity index (χ1v) is 6.83. The Morgan fingerprint density at radius 1 is 1.14 bits per heavy atom. The van der Waals surface area contributed by atoms with Crippen LogP contribution in [-0.4, -0.2) is 13.0 Å². The Labute approximate surface area is 124 Å². The monoisotopic (exact) mass is 284 g/mol. The molecule has 0 radical (unpaired) electrons. The lowest BCUT2D eigenvalue weighted by atomic mass is 10.1. The number of benzene rings is 2. The fourth-order valence-electron chi connectivity index (χ4n) is 2.05. The number of hydrogen-bond acceptors (Lipinski definition) is 3. The van der Waals surface area contributed by atoms with Crippen LogP contribution in [0.15, 0.2) is 42.5 Å². The largest absolute Gasteiger partial charge is 0.495 e. The van der Waals surface area contributed by atoms with E-state index < -0.39 is 0 Å². The van der Waals surface area contributed by atoms with Gasteiger partial charge in [0.25, 0.3) is 0 Å². The van der Waals surface area contributed by atoms with Crippen LogP contribution in [0.4, 0.5) is 5.69 Å². The molecule has 2 aromatic carbocycles. The average molecular weight is 284 g/mol. The second kappa shape index (κ2) is 6.79. The highest BCUT2D eigenvalue weighted by Crippen LogP contribution is 2.21. The first-order chi connectivity index (χ1) is 10.1. The summed E-state index contributed by atoms with van der Waals surface area (Å²) in [6.45, 7) is 2.48. The quantitative estimate of drug-likeness (QED) is 0.829. The molecular formula is C17H20N2O2. The molecule has 2 aromatic rings. The van der Waals surface area contributed by atoms with Crippen molar-refractivity contribution in [2.45, 2.75) is 19.9 Å². The minimum absolute atomic E-state index is 0.00626. The van der Waals surface area contributed by atoms with E-state index in [0.717, 1.165) is 11.1 Å². The van der Waals surface area contributed by atoms with E-state index in [0.29, 0.717) is 24.4 Å². The molecular weight excluding hydrogens is 264 g/mol. The summed E-state index contributed by atoms with van der Waals surface area (Å²) < 4.78 is 5.10. The maximum absolute atomic E-state index is 11.9. The van der Waals surface area contributed by atoms with Crippen molar-refractivity contribution >= 4 is 11.6 Å². The van der Waals surface area contributed by atoms with Crippen molar-refractivity contribution in [2.75, 3.05) is 12.8 Å². The zero-order chi connectivity index (χ0) is 15.2. The predicted molar refractivity (Wildman–Crippen MR) is 84.1 cm³/mol. The highest BCUT2D eigenvalue weighted by atomic mass is 16.5. The summed E-state index contributed by atoms with van der Waals surface area (Å²) in [4.78, 5) is 11.9. The van der Waals surface area contributed by atoms with Crippen LogP contribution in [0.2, 0.25) is 0 Å². The zero-order valence-corrected chi connectivity index (χ0v) is 12.3. The Hall–Kier alpha value is -2.49. The third-order valence-corrected chi connectivity index (χ3v) is 3.27. The van der Waals surface area contributed by atoms with Gasteiger partial charge in [-0.3, -0.25) is 4.79 Å². The van der Waals surface area contributed by atoms with E-state index in [1.165, 1.54) is 5.56 Å². The molecule has 1 amide bonds.